The number of amides is 1. The highest BCUT2D eigenvalue weighted by molar-refractivity contribution is 7.19. The maximum atomic E-state index is 12.5. The molecule has 0 N–H and O–H groups in total. The molecule has 4 nitrogen and oxygen atoms in total. The van der Waals surface area contributed by atoms with E-state index in [2.05, 4.69) is 22.0 Å². The lowest BCUT2D eigenvalue weighted by Crippen LogP contribution is -2.48. The summed E-state index contributed by atoms with van der Waals surface area (Å²) in [6, 6.07) is 13.7. The molecule has 128 valence electrons. The lowest BCUT2D eigenvalue weighted by atomic mass is 10.2. The Hall–Kier alpha value is -1.95. The number of pyridine rings is 1. The molecule has 1 aromatic carbocycles. The van der Waals surface area contributed by atoms with Gasteiger partial charge in [-0.1, -0.05) is 35.9 Å². The molecule has 0 bridgehead atoms. The van der Waals surface area contributed by atoms with Gasteiger partial charge in [0, 0.05) is 53.9 Å². The minimum absolute atomic E-state index is 0.0140. The molecule has 0 spiro atoms. The Kier molecular flexibility index (Phi) is 4.70. The summed E-state index contributed by atoms with van der Waals surface area (Å²) in [6.07, 6.45) is 1.66. The number of halogens is 1. The van der Waals surface area contributed by atoms with Crippen molar-refractivity contribution in [3.05, 3.63) is 64.3 Å². The predicted molar refractivity (Wildman–Crippen MR) is 102 cm³/mol. The first-order valence-corrected chi connectivity index (χ1v) is 9.50. The fraction of sp³-hybridized carbons (Fsp3) is 0.263. The van der Waals surface area contributed by atoms with E-state index in [0.29, 0.717) is 5.69 Å². The molecule has 1 aliphatic heterocycles. The molecule has 1 saturated heterocycles. The fourth-order valence-corrected chi connectivity index (χ4v) is 4.66. The highest BCUT2D eigenvalue weighted by atomic mass is 35.5. The summed E-state index contributed by atoms with van der Waals surface area (Å²) in [6.45, 7) is 3.98. The van der Waals surface area contributed by atoms with Crippen molar-refractivity contribution in [3.8, 4) is 0 Å². The first kappa shape index (κ1) is 16.5. The number of nitrogens with zero attached hydrogens (tertiary/aromatic N) is 3. The van der Waals surface area contributed by atoms with Crippen LogP contribution >= 0.6 is 22.9 Å². The first-order valence-electron chi connectivity index (χ1n) is 8.31. The second kappa shape index (κ2) is 7.12. The molecular formula is C19H18ClN3OS. The molecule has 25 heavy (non-hydrogen) atoms. The fourth-order valence-electron chi connectivity index (χ4n) is 3.13. The highest BCUT2D eigenvalue weighted by Crippen LogP contribution is 2.36. The molecule has 0 atom stereocenters. The van der Waals surface area contributed by atoms with Gasteiger partial charge in [0.15, 0.2) is 0 Å². The molecule has 6 heteroatoms. The second-order valence-electron chi connectivity index (χ2n) is 6.12. The Morgan fingerprint density at radius 1 is 1.08 bits per heavy atom. The van der Waals surface area contributed by atoms with E-state index in [-0.39, 0.29) is 5.91 Å². The molecule has 3 heterocycles. The van der Waals surface area contributed by atoms with Crippen LogP contribution in [-0.4, -0.2) is 46.9 Å². The lowest BCUT2D eigenvalue weighted by Gasteiger charge is -2.34. The Balaban J connectivity index is 1.40. The molecule has 0 unspecified atom stereocenters. The molecule has 0 aliphatic carbocycles. The van der Waals surface area contributed by atoms with Crippen molar-refractivity contribution in [2.45, 2.75) is 6.54 Å². The van der Waals surface area contributed by atoms with Crippen molar-refractivity contribution < 1.29 is 4.79 Å². The summed E-state index contributed by atoms with van der Waals surface area (Å²) in [4.78, 5) is 22.1. The molecule has 4 rings (SSSR count). The van der Waals surface area contributed by atoms with Crippen LogP contribution < -0.4 is 0 Å². The van der Waals surface area contributed by atoms with Crippen LogP contribution in [0.3, 0.4) is 0 Å². The summed E-state index contributed by atoms with van der Waals surface area (Å²) in [5, 5.41) is 2.00. The van der Waals surface area contributed by atoms with Crippen LogP contribution in [0.5, 0.6) is 0 Å². The third-order valence-corrected chi connectivity index (χ3v) is 6.21. The minimum atomic E-state index is 0.0140. The maximum Gasteiger partial charge on any atom is 0.272 e. The average Bonchev–Trinajstić information content (AvgIpc) is 2.98. The van der Waals surface area contributed by atoms with E-state index in [1.807, 2.05) is 29.2 Å². The van der Waals surface area contributed by atoms with Gasteiger partial charge in [0.1, 0.15) is 5.69 Å². The van der Waals surface area contributed by atoms with Crippen LogP contribution in [0, 0.1) is 0 Å². The smallest absolute Gasteiger partial charge is 0.272 e. The summed E-state index contributed by atoms with van der Waals surface area (Å²) in [5.74, 6) is 0.0140. The highest BCUT2D eigenvalue weighted by Gasteiger charge is 2.23. The number of thiophene rings is 1. The number of aromatic nitrogens is 1. The number of fused-ring (bicyclic) bond motifs is 1. The number of hydrogen-bond donors (Lipinski definition) is 0. The van der Waals surface area contributed by atoms with Gasteiger partial charge < -0.3 is 4.90 Å². The van der Waals surface area contributed by atoms with Gasteiger partial charge in [0.2, 0.25) is 0 Å². The molecule has 3 aromatic rings. The summed E-state index contributed by atoms with van der Waals surface area (Å²) in [5.41, 5.74) is 0.517. The van der Waals surface area contributed by atoms with Crippen LogP contribution in [0.2, 0.25) is 5.02 Å². The Bertz CT molecular complexity index is 888. The van der Waals surface area contributed by atoms with E-state index in [4.69, 9.17) is 11.6 Å². The zero-order chi connectivity index (χ0) is 17.2. The number of hydrogen-bond acceptors (Lipinski definition) is 4. The second-order valence-corrected chi connectivity index (χ2v) is 7.63. The van der Waals surface area contributed by atoms with E-state index >= 15 is 0 Å². The Morgan fingerprint density at radius 2 is 1.84 bits per heavy atom. The summed E-state index contributed by atoms with van der Waals surface area (Å²) in [7, 11) is 0. The molecule has 1 fully saturated rings. The molecule has 0 radical (unpaired) electrons. The monoisotopic (exact) mass is 371 g/mol. The molecule has 0 saturated carbocycles. The minimum Gasteiger partial charge on any atom is -0.335 e. The standard InChI is InChI=1S/C19H18ClN3OS/c20-18-14-5-1-2-7-16(14)25-17(18)13-22-9-11-23(12-10-22)19(24)15-6-3-4-8-21-15/h1-8H,9-13H2. The van der Waals surface area contributed by atoms with E-state index in [0.717, 1.165) is 43.1 Å². The van der Waals surface area contributed by atoms with Crippen LogP contribution in [0.4, 0.5) is 0 Å². The third kappa shape index (κ3) is 3.40. The Morgan fingerprint density at radius 3 is 2.56 bits per heavy atom. The quantitative estimate of drug-likeness (QED) is 0.700. The van der Waals surface area contributed by atoms with E-state index in [1.165, 1.54) is 9.58 Å². The normalized spacial score (nSPS) is 15.6. The van der Waals surface area contributed by atoms with Crippen LogP contribution in [-0.2, 0) is 6.54 Å². The van der Waals surface area contributed by atoms with Crippen molar-refractivity contribution >= 4 is 38.9 Å². The van der Waals surface area contributed by atoms with Crippen molar-refractivity contribution in [2.75, 3.05) is 26.2 Å². The van der Waals surface area contributed by atoms with Gasteiger partial charge in [-0.3, -0.25) is 14.7 Å². The topological polar surface area (TPSA) is 36.4 Å². The number of rotatable bonds is 3. The van der Waals surface area contributed by atoms with Crippen LogP contribution in [0.15, 0.2) is 48.7 Å². The van der Waals surface area contributed by atoms with Gasteiger partial charge in [-0.25, -0.2) is 0 Å². The largest absolute Gasteiger partial charge is 0.335 e. The number of carbonyl (C=O) groups is 1. The molecule has 1 amide bonds. The zero-order valence-corrected chi connectivity index (χ0v) is 15.3. The van der Waals surface area contributed by atoms with E-state index < -0.39 is 0 Å². The maximum absolute atomic E-state index is 12.5. The van der Waals surface area contributed by atoms with Gasteiger partial charge in [0.05, 0.1) is 5.02 Å². The van der Waals surface area contributed by atoms with Gasteiger partial charge in [-0.05, 0) is 18.2 Å². The third-order valence-electron chi connectivity index (χ3n) is 4.51. The van der Waals surface area contributed by atoms with Crippen molar-refractivity contribution in [1.82, 2.24) is 14.8 Å². The lowest BCUT2D eigenvalue weighted by molar-refractivity contribution is 0.0624. The number of carbonyl (C=O) groups excluding carboxylic acids is 1. The number of benzene rings is 1. The van der Waals surface area contributed by atoms with Gasteiger partial charge in [0.25, 0.3) is 5.91 Å². The van der Waals surface area contributed by atoms with Gasteiger partial charge >= 0.3 is 0 Å². The summed E-state index contributed by atoms with van der Waals surface area (Å²) >= 11 is 8.30. The van der Waals surface area contributed by atoms with E-state index in [1.54, 1.807) is 23.6 Å². The van der Waals surface area contributed by atoms with Crippen molar-refractivity contribution in [1.29, 1.82) is 0 Å². The van der Waals surface area contributed by atoms with Gasteiger partial charge in [-0.15, -0.1) is 11.3 Å². The SMILES string of the molecule is O=C(c1ccccn1)N1CCN(Cc2sc3ccccc3c2Cl)CC1. The number of piperazine rings is 1. The Labute approximate surface area is 155 Å². The van der Waals surface area contributed by atoms with Crippen LogP contribution in [0.1, 0.15) is 15.4 Å². The van der Waals surface area contributed by atoms with Gasteiger partial charge in [-0.2, -0.15) is 0 Å². The molecule has 1 aliphatic rings. The summed E-state index contributed by atoms with van der Waals surface area (Å²) < 4.78 is 1.23. The first-order chi connectivity index (χ1) is 12.2. The molecule has 2 aromatic heterocycles. The van der Waals surface area contributed by atoms with Crippen molar-refractivity contribution in [3.63, 3.8) is 0 Å². The van der Waals surface area contributed by atoms with E-state index in [9.17, 15) is 4.79 Å². The average molecular weight is 372 g/mol. The zero-order valence-electron chi connectivity index (χ0n) is 13.7. The predicted octanol–water partition coefficient (Wildman–Crippen LogP) is 3.91. The van der Waals surface area contributed by atoms with Crippen LogP contribution in [0.25, 0.3) is 10.1 Å². The molecular weight excluding hydrogens is 354 g/mol. The van der Waals surface area contributed by atoms with Crippen molar-refractivity contribution in [2.24, 2.45) is 0 Å².